The number of hydrogen-bond donors (Lipinski definition) is 1. The molecule has 5 heteroatoms. The number of ether oxygens (including phenoxy) is 2. The monoisotopic (exact) mass is 227 g/mol. The maximum absolute atomic E-state index is 11.7. The molecule has 2 rings (SSSR count). The Hall–Kier alpha value is -1.26. The molecule has 1 aliphatic heterocycles. The first-order valence-electron chi connectivity index (χ1n) is 4.55. The van der Waals surface area contributed by atoms with Gasteiger partial charge in [0.2, 0.25) is 6.79 Å². The lowest BCUT2D eigenvalue weighted by Gasteiger charge is -2.04. The average molecular weight is 228 g/mol. The third kappa shape index (κ3) is 1.91. The molecule has 80 valence electrons. The van der Waals surface area contributed by atoms with Gasteiger partial charge in [0.15, 0.2) is 17.3 Å². The summed E-state index contributed by atoms with van der Waals surface area (Å²) in [5.74, 6) is 0.905. The molecule has 0 unspecified atom stereocenters. The van der Waals surface area contributed by atoms with Crippen molar-refractivity contribution in [3.05, 3.63) is 22.7 Å². The molecule has 0 radical (unpaired) electrons. The molecule has 15 heavy (non-hydrogen) atoms. The van der Waals surface area contributed by atoms with Crippen LogP contribution in [0.15, 0.2) is 12.1 Å². The molecule has 0 amide bonds. The minimum absolute atomic E-state index is 0.0817. The van der Waals surface area contributed by atoms with Gasteiger partial charge in [-0.05, 0) is 12.6 Å². The predicted molar refractivity (Wildman–Crippen MR) is 55.6 cm³/mol. The lowest BCUT2D eigenvalue weighted by molar-refractivity contribution is 0.0981. The molecule has 1 aliphatic rings. The van der Waals surface area contributed by atoms with Crippen LogP contribution in [0.5, 0.6) is 11.5 Å². The first-order chi connectivity index (χ1) is 7.22. The lowest BCUT2D eigenvalue weighted by atomic mass is 10.1. The number of carbonyl (C=O) groups excluding carboxylic acids is 1. The van der Waals surface area contributed by atoms with E-state index >= 15 is 0 Å². The highest BCUT2D eigenvalue weighted by molar-refractivity contribution is 6.31. The number of hydrogen-bond acceptors (Lipinski definition) is 4. The molecule has 0 saturated carbocycles. The first-order valence-corrected chi connectivity index (χ1v) is 4.92. The third-order valence-electron chi connectivity index (χ3n) is 2.11. The van der Waals surface area contributed by atoms with Gasteiger partial charge in [-0.1, -0.05) is 11.6 Å². The molecule has 2 N–H and O–H groups in total. The second-order valence-electron chi connectivity index (χ2n) is 3.15. The molecular formula is C10H10ClNO3. The largest absolute Gasteiger partial charge is 0.454 e. The van der Waals surface area contributed by atoms with Gasteiger partial charge in [0, 0.05) is 17.5 Å². The minimum atomic E-state index is -0.0817. The van der Waals surface area contributed by atoms with Crippen LogP contribution < -0.4 is 15.2 Å². The van der Waals surface area contributed by atoms with Gasteiger partial charge in [-0.3, -0.25) is 4.79 Å². The summed E-state index contributed by atoms with van der Waals surface area (Å²) in [5.41, 5.74) is 5.77. The molecule has 1 heterocycles. The van der Waals surface area contributed by atoms with E-state index < -0.39 is 0 Å². The molecule has 0 aliphatic carbocycles. The molecule has 0 spiro atoms. The summed E-state index contributed by atoms with van der Waals surface area (Å²) >= 11 is 5.85. The van der Waals surface area contributed by atoms with Gasteiger partial charge >= 0.3 is 0 Å². The first kappa shape index (κ1) is 10.3. The van der Waals surface area contributed by atoms with Crippen LogP contribution in [0.25, 0.3) is 0 Å². The summed E-state index contributed by atoms with van der Waals surface area (Å²) in [6.45, 7) is 0.430. The Morgan fingerprint density at radius 3 is 3.00 bits per heavy atom. The van der Waals surface area contributed by atoms with E-state index in [9.17, 15) is 4.79 Å². The van der Waals surface area contributed by atoms with E-state index in [1.807, 2.05) is 0 Å². The van der Waals surface area contributed by atoms with E-state index in [-0.39, 0.29) is 19.0 Å². The summed E-state index contributed by atoms with van der Waals surface area (Å²) in [5, 5.41) is 0.458. The fraction of sp³-hybridized carbons (Fsp3) is 0.300. The number of carbonyl (C=O) groups is 1. The van der Waals surface area contributed by atoms with E-state index in [1.54, 1.807) is 12.1 Å². The summed E-state index contributed by atoms with van der Waals surface area (Å²) in [6, 6.07) is 3.20. The van der Waals surface area contributed by atoms with Crippen molar-refractivity contribution in [2.24, 2.45) is 5.73 Å². The Morgan fingerprint density at radius 2 is 2.27 bits per heavy atom. The van der Waals surface area contributed by atoms with E-state index in [1.165, 1.54) is 0 Å². The number of rotatable bonds is 3. The fourth-order valence-electron chi connectivity index (χ4n) is 1.45. The Kier molecular flexibility index (Phi) is 2.79. The van der Waals surface area contributed by atoms with E-state index in [4.69, 9.17) is 26.8 Å². The number of halogens is 1. The molecular weight excluding hydrogens is 218 g/mol. The van der Waals surface area contributed by atoms with Gasteiger partial charge in [-0.15, -0.1) is 0 Å². The van der Waals surface area contributed by atoms with Crippen LogP contribution in [0.4, 0.5) is 0 Å². The summed E-state index contributed by atoms with van der Waals surface area (Å²) in [7, 11) is 0. The number of ketones is 1. The second-order valence-corrected chi connectivity index (χ2v) is 3.59. The zero-order valence-electron chi connectivity index (χ0n) is 7.96. The molecule has 0 atom stereocenters. The Bertz CT molecular complexity index is 406. The van der Waals surface area contributed by atoms with E-state index in [0.29, 0.717) is 28.6 Å². The number of benzene rings is 1. The molecule has 4 nitrogen and oxygen atoms in total. The third-order valence-corrected chi connectivity index (χ3v) is 2.33. The molecule has 0 aromatic heterocycles. The smallest absolute Gasteiger partial charge is 0.231 e. The standard InChI is InChI=1S/C10H10ClNO3/c11-6-3-7(8(13)1-2-12)10-9(4-6)14-5-15-10/h3-4H,1-2,5,12H2. The molecule has 0 fully saturated rings. The van der Waals surface area contributed by atoms with Crippen molar-refractivity contribution in [2.75, 3.05) is 13.3 Å². The Labute approximate surface area is 91.9 Å². The second kappa shape index (κ2) is 4.08. The van der Waals surface area contributed by atoms with Crippen molar-refractivity contribution in [3.63, 3.8) is 0 Å². The van der Waals surface area contributed by atoms with Crippen LogP contribution in [0, 0.1) is 0 Å². The van der Waals surface area contributed by atoms with Crippen LogP contribution in [-0.2, 0) is 0 Å². The van der Waals surface area contributed by atoms with Gasteiger partial charge in [0.25, 0.3) is 0 Å². The molecule has 0 bridgehead atoms. The van der Waals surface area contributed by atoms with E-state index in [2.05, 4.69) is 0 Å². The Balaban J connectivity index is 2.42. The van der Waals surface area contributed by atoms with Gasteiger partial charge in [-0.25, -0.2) is 0 Å². The molecule has 1 aromatic carbocycles. The average Bonchev–Trinajstić information content (AvgIpc) is 2.64. The lowest BCUT2D eigenvalue weighted by Crippen LogP contribution is -2.09. The summed E-state index contributed by atoms with van der Waals surface area (Å²) in [6.07, 6.45) is 0.274. The highest BCUT2D eigenvalue weighted by Gasteiger charge is 2.22. The highest BCUT2D eigenvalue weighted by Crippen LogP contribution is 2.38. The Morgan fingerprint density at radius 1 is 1.47 bits per heavy atom. The highest BCUT2D eigenvalue weighted by atomic mass is 35.5. The van der Waals surface area contributed by atoms with Crippen LogP contribution in [0.1, 0.15) is 16.8 Å². The van der Waals surface area contributed by atoms with Crippen LogP contribution in [0.2, 0.25) is 5.02 Å². The van der Waals surface area contributed by atoms with Crippen molar-refractivity contribution < 1.29 is 14.3 Å². The van der Waals surface area contributed by atoms with Crippen LogP contribution in [0.3, 0.4) is 0 Å². The number of Topliss-reactive ketones (excluding diaryl/α,β-unsaturated/α-hetero) is 1. The van der Waals surface area contributed by atoms with Crippen LogP contribution >= 0.6 is 11.6 Å². The van der Waals surface area contributed by atoms with Gasteiger partial charge in [0.1, 0.15) is 0 Å². The zero-order chi connectivity index (χ0) is 10.8. The zero-order valence-corrected chi connectivity index (χ0v) is 8.71. The molecule has 0 saturated heterocycles. The van der Waals surface area contributed by atoms with Crippen molar-refractivity contribution in [2.45, 2.75) is 6.42 Å². The minimum Gasteiger partial charge on any atom is -0.454 e. The van der Waals surface area contributed by atoms with Crippen molar-refractivity contribution in [3.8, 4) is 11.5 Å². The van der Waals surface area contributed by atoms with Crippen molar-refractivity contribution >= 4 is 17.4 Å². The van der Waals surface area contributed by atoms with Crippen molar-refractivity contribution in [1.82, 2.24) is 0 Å². The maximum atomic E-state index is 11.7. The number of fused-ring (bicyclic) bond motifs is 1. The van der Waals surface area contributed by atoms with Gasteiger partial charge in [-0.2, -0.15) is 0 Å². The quantitative estimate of drug-likeness (QED) is 0.797. The predicted octanol–water partition coefficient (Wildman–Crippen LogP) is 1.60. The maximum Gasteiger partial charge on any atom is 0.231 e. The van der Waals surface area contributed by atoms with Gasteiger partial charge < -0.3 is 15.2 Å². The normalized spacial score (nSPS) is 12.9. The van der Waals surface area contributed by atoms with E-state index in [0.717, 1.165) is 0 Å². The SMILES string of the molecule is NCCC(=O)c1cc(Cl)cc2c1OCO2. The molecule has 1 aromatic rings. The topological polar surface area (TPSA) is 61.6 Å². The van der Waals surface area contributed by atoms with Gasteiger partial charge in [0.05, 0.1) is 5.56 Å². The van der Waals surface area contributed by atoms with Crippen molar-refractivity contribution in [1.29, 1.82) is 0 Å². The van der Waals surface area contributed by atoms with Crippen LogP contribution in [-0.4, -0.2) is 19.1 Å². The fourth-order valence-corrected chi connectivity index (χ4v) is 1.66. The summed E-state index contributed by atoms with van der Waals surface area (Å²) < 4.78 is 10.4. The number of nitrogens with two attached hydrogens (primary N) is 1. The summed E-state index contributed by atoms with van der Waals surface area (Å²) in [4.78, 5) is 11.7.